The van der Waals surface area contributed by atoms with Crippen LogP contribution >= 0.6 is 0 Å². The van der Waals surface area contributed by atoms with Crippen molar-refractivity contribution in [2.45, 2.75) is 0 Å². The van der Waals surface area contributed by atoms with Crippen molar-refractivity contribution >= 4 is 18.3 Å². The highest BCUT2D eigenvalue weighted by atomic mass is 16.7. The van der Waals surface area contributed by atoms with E-state index < -0.39 is 6.16 Å². The van der Waals surface area contributed by atoms with Gasteiger partial charge in [-0.3, -0.25) is 4.99 Å². The lowest BCUT2D eigenvalue weighted by molar-refractivity contribution is 0.141. The Morgan fingerprint density at radius 2 is 2.33 bits per heavy atom. The van der Waals surface area contributed by atoms with Crippen molar-refractivity contribution in [1.29, 1.82) is 0 Å². The molecule has 0 fully saturated rings. The van der Waals surface area contributed by atoms with Gasteiger partial charge in [0.2, 0.25) is 5.90 Å². The largest absolute Gasteiger partial charge is 0.512 e. The molecule has 0 saturated heterocycles. The van der Waals surface area contributed by atoms with Gasteiger partial charge in [0.1, 0.15) is 0 Å². The van der Waals surface area contributed by atoms with Crippen LogP contribution in [-0.4, -0.2) is 23.4 Å². The first-order chi connectivity index (χ1) is 5.77. The van der Waals surface area contributed by atoms with E-state index in [0.29, 0.717) is 5.57 Å². The Labute approximate surface area is 67.4 Å². The summed E-state index contributed by atoms with van der Waals surface area (Å²) in [5.41, 5.74) is 1.41. The fourth-order valence-corrected chi connectivity index (χ4v) is 0.979. The van der Waals surface area contributed by atoms with E-state index in [1.54, 1.807) is 6.21 Å². The van der Waals surface area contributed by atoms with E-state index in [1.165, 1.54) is 12.4 Å². The third kappa shape index (κ3) is 0.914. The van der Waals surface area contributed by atoms with Gasteiger partial charge in [-0.1, -0.05) is 0 Å². The molecular weight excluding hydrogens is 160 g/mol. The van der Waals surface area contributed by atoms with Crippen LogP contribution in [0.1, 0.15) is 0 Å². The lowest BCUT2D eigenvalue weighted by Crippen LogP contribution is -2.10. The second-order valence-electron chi connectivity index (χ2n) is 2.21. The molecule has 0 bridgehead atoms. The van der Waals surface area contributed by atoms with Gasteiger partial charge < -0.3 is 9.84 Å². The van der Waals surface area contributed by atoms with Gasteiger partial charge in [0.25, 0.3) is 0 Å². The van der Waals surface area contributed by atoms with Crippen molar-refractivity contribution in [2.24, 2.45) is 9.98 Å². The van der Waals surface area contributed by atoms with E-state index >= 15 is 0 Å². The molecule has 2 aliphatic heterocycles. The minimum absolute atomic E-state index is 0.0926. The van der Waals surface area contributed by atoms with Crippen LogP contribution in [0.4, 0.5) is 4.79 Å². The Kier molecular flexibility index (Phi) is 1.30. The molecule has 0 atom stereocenters. The van der Waals surface area contributed by atoms with Gasteiger partial charge in [0.15, 0.2) is 0 Å². The topological polar surface area (TPSA) is 71.2 Å². The van der Waals surface area contributed by atoms with Crippen molar-refractivity contribution in [3.8, 4) is 0 Å². The van der Waals surface area contributed by atoms with Crippen LogP contribution in [0.5, 0.6) is 0 Å². The molecule has 0 amide bonds. The number of nitrogens with zero attached hydrogens (tertiary/aromatic N) is 2. The maximum atomic E-state index is 10.1. The third-order valence-corrected chi connectivity index (χ3v) is 1.46. The molecule has 1 N–H and O–H groups in total. The van der Waals surface area contributed by atoms with Crippen LogP contribution in [0.2, 0.25) is 0 Å². The lowest BCUT2D eigenvalue weighted by atomic mass is 10.2. The summed E-state index contributed by atoms with van der Waals surface area (Å²) < 4.78 is 4.39. The summed E-state index contributed by atoms with van der Waals surface area (Å²) in [4.78, 5) is 17.7. The van der Waals surface area contributed by atoms with E-state index in [4.69, 9.17) is 5.11 Å². The fourth-order valence-electron chi connectivity index (χ4n) is 0.979. The zero-order chi connectivity index (χ0) is 8.55. The molecule has 2 heterocycles. The molecule has 0 unspecified atom stereocenters. The minimum Gasteiger partial charge on any atom is -0.449 e. The normalized spacial score (nSPS) is 18.2. The predicted molar refractivity (Wildman–Crippen MR) is 41.2 cm³/mol. The number of hydrogen-bond donors (Lipinski definition) is 1. The van der Waals surface area contributed by atoms with Crippen LogP contribution in [-0.2, 0) is 4.74 Å². The summed E-state index contributed by atoms with van der Waals surface area (Å²) >= 11 is 0. The molecule has 0 aliphatic carbocycles. The molecule has 5 nitrogen and oxygen atoms in total. The molecule has 5 heteroatoms. The molecule has 0 aromatic heterocycles. The maximum Gasteiger partial charge on any atom is 0.512 e. The molecule has 2 rings (SSSR count). The van der Waals surface area contributed by atoms with Gasteiger partial charge in [-0.05, 0) is 0 Å². The van der Waals surface area contributed by atoms with Gasteiger partial charge in [-0.15, -0.1) is 0 Å². The molecule has 0 aromatic rings. The maximum absolute atomic E-state index is 10.1. The van der Waals surface area contributed by atoms with Crippen molar-refractivity contribution in [2.75, 3.05) is 0 Å². The fraction of sp³-hybridized carbons (Fsp3) is 0. The Morgan fingerprint density at radius 3 is 3.08 bits per heavy atom. The second kappa shape index (κ2) is 2.30. The number of fused-ring (bicyclic) bond motifs is 1. The number of aliphatic imine (C=N–C) groups is 2. The van der Waals surface area contributed by atoms with E-state index in [0.717, 1.165) is 5.57 Å². The first-order valence-corrected chi connectivity index (χ1v) is 3.20. The molecule has 2 aliphatic rings. The summed E-state index contributed by atoms with van der Waals surface area (Å²) in [6, 6.07) is 0. The molecular formula is C7H4N2O3. The van der Waals surface area contributed by atoms with Gasteiger partial charge in [-0.25, -0.2) is 9.79 Å². The second-order valence-corrected chi connectivity index (χ2v) is 2.21. The van der Waals surface area contributed by atoms with E-state index in [2.05, 4.69) is 14.7 Å². The van der Waals surface area contributed by atoms with Crippen molar-refractivity contribution in [1.82, 2.24) is 0 Å². The molecule has 0 saturated carbocycles. The first-order valence-electron chi connectivity index (χ1n) is 3.20. The van der Waals surface area contributed by atoms with Crippen LogP contribution in [0.3, 0.4) is 0 Å². The Morgan fingerprint density at radius 1 is 1.50 bits per heavy atom. The molecule has 0 spiro atoms. The summed E-state index contributed by atoms with van der Waals surface area (Å²) in [5, 5.41) is 8.30. The first kappa shape index (κ1) is 6.78. The zero-order valence-electron chi connectivity index (χ0n) is 5.89. The Bertz CT molecular complexity index is 363. The van der Waals surface area contributed by atoms with Gasteiger partial charge in [0, 0.05) is 24.2 Å². The lowest BCUT2D eigenvalue weighted by Gasteiger charge is -1.98. The third-order valence-electron chi connectivity index (χ3n) is 1.46. The van der Waals surface area contributed by atoms with E-state index in [-0.39, 0.29) is 5.90 Å². The van der Waals surface area contributed by atoms with Gasteiger partial charge in [-0.2, -0.15) is 0 Å². The Balaban J connectivity index is 2.19. The minimum atomic E-state index is -1.36. The highest BCUT2D eigenvalue weighted by Crippen LogP contribution is 2.22. The highest BCUT2D eigenvalue weighted by Gasteiger charge is 2.22. The van der Waals surface area contributed by atoms with Crippen molar-refractivity contribution in [3.63, 3.8) is 0 Å². The van der Waals surface area contributed by atoms with Crippen LogP contribution in [0.25, 0.3) is 0 Å². The summed E-state index contributed by atoms with van der Waals surface area (Å²) in [5.74, 6) is 0.0926. The SMILES string of the molecule is O=C(O)OC1=NC=C2C=NC=C21. The van der Waals surface area contributed by atoms with Gasteiger partial charge >= 0.3 is 6.16 Å². The van der Waals surface area contributed by atoms with Crippen molar-refractivity contribution < 1.29 is 14.6 Å². The quantitative estimate of drug-likeness (QED) is 0.541. The zero-order valence-corrected chi connectivity index (χ0v) is 5.89. The van der Waals surface area contributed by atoms with Crippen LogP contribution in [0, 0.1) is 0 Å². The van der Waals surface area contributed by atoms with Gasteiger partial charge in [0.05, 0.1) is 5.57 Å². The standard InChI is InChI=1S/C7H4N2O3/c10-7(11)12-6-5-3-8-1-4(5)2-9-6/h1-3H,(H,10,11). The predicted octanol–water partition coefficient (Wildman–Crippen LogP) is 0.945. The summed E-state index contributed by atoms with van der Waals surface area (Å²) in [6.07, 6.45) is 3.26. The number of hydrogen-bond acceptors (Lipinski definition) is 4. The van der Waals surface area contributed by atoms with Crippen LogP contribution in [0.15, 0.2) is 33.5 Å². The number of carbonyl (C=O) groups is 1. The monoisotopic (exact) mass is 164 g/mol. The molecule has 0 radical (unpaired) electrons. The highest BCUT2D eigenvalue weighted by molar-refractivity contribution is 6.13. The smallest absolute Gasteiger partial charge is 0.449 e. The molecule has 12 heavy (non-hydrogen) atoms. The van der Waals surface area contributed by atoms with Crippen molar-refractivity contribution in [3.05, 3.63) is 23.5 Å². The summed E-state index contributed by atoms with van der Waals surface area (Å²) in [7, 11) is 0. The average Bonchev–Trinajstić information content (AvgIpc) is 2.52. The number of carboxylic acid groups (broad SMARTS) is 1. The average molecular weight is 164 g/mol. The number of ether oxygens (including phenoxy) is 1. The van der Waals surface area contributed by atoms with E-state index in [1.807, 2.05) is 0 Å². The van der Waals surface area contributed by atoms with Crippen LogP contribution < -0.4 is 0 Å². The number of rotatable bonds is 0. The molecule has 60 valence electrons. The van der Waals surface area contributed by atoms with E-state index in [9.17, 15) is 4.79 Å². The summed E-state index contributed by atoms with van der Waals surface area (Å²) in [6.45, 7) is 0. The Hall–Kier alpha value is -1.91. The molecule has 0 aromatic carbocycles.